The summed E-state index contributed by atoms with van der Waals surface area (Å²) in [6, 6.07) is 0. The average molecular weight is 340 g/mol. The maximum Gasteiger partial charge on any atom is 0.353 e. The highest BCUT2D eigenvalue weighted by atomic mass is 19.1. The quantitative estimate of drug-likeness (QED) is 0.219. The second-order valence-electron chi connectivity index (χ2n) is 5.57. The third kappa shape index (κ3) is 4.36. The van der Waals surface area contributed by atoms with E-state index in [-0.39, 0.29) is 19.4 Å². The highest BCUT2D eigenvalue weighted by Crippen LogP contribution is 2.28. The zero-order chi connectivity index (χ0) is 17.8. The lowest BCUT2D eigenvalue weighted by Gasteiger charge is -2.39. The number of carboxylic acid groups (broad SMARTS) is 2. The van der Waals surface area contributed by atoms with Crippen LogP contribution in [0.15, 0.2) is 0 Å². The molecule has 9 nitrogen and oxygen atoms in total. The Bertz CT molecular complexity index is 414. The van der Waals surface area contributed by atoms with E-state index >= 15 is 0 Å². The molecule has 134 valence electrons. The van der Waals surface area contributed by atoms with Gasteiger partial charge in [-0.15, -0.1) is 0 Å². The highest BCUT2D eigenvalue weighted by Gasteiger charge is 2.47. The van der Waals surface area contributed by atoms with Crippen molar-refractivity contribution in [3.8, 4) is 0 Å². The van der Waals surface area contributed by atoms with Crippen LogP contribution in [0.4, 0.5) is 4.39 Å². The van der Waals surface area contributed by atoms with Gasteiger partial charge in [0.25, 0.3) is 0 Å². The van der Waals surface area contributed by atoms with Gasteiger partial charge < -0.3 is 35.4 Å². The third-order valence-electron chi connectivity index (χ3n) is 4.01. The van der Waals surface area contributed by atoms with Crippen molar-refractivity contribution in [2.45, 2.75) is 49.3 Å². The molecule has 0 saturated heterocycles. The number of carboxylic acids is 2. The summed E-state index contributed by atoms with van der Waals surface area (Å²) < 4.78 is 18.9. The minimum Gasteiger partial charge on any atom is -0.478 e. The Hall–Kier alpha value is -1.33. The lowest BCUT2D eigenvalue weighted by Crippen LogP contribution is -2.55. The van der Waals surface area contributed by atoms with Gasteiger partial charge in [0.2, 0.25) is 0 Å². The van der Waals surface area contributed by atoms with E-state index < -0.39 is 61.0 Å². The lowest BCUT2D eigenvalue weighted by molar-refractivity contribution is -0.179. The SMILES string of the molecule is O=C(O)C(F)(CCCOC1C[C@H](CO)[C@@H](O)[C@H](O)[C@H]1O)C(=O)O. The molecule has 1 saturated carbocycles. The first-order chi connectivity index (χ1) is 10.6. The van der Waals surface area contributed by atoms with Crippen molar-refractivity contribution >= 4 is 11.9 Å². The molecule has 0 aliphatic heterocycles. The van der Waals surface area contributed by atoms with Crippen molar-refractivity contribution in [3.05, 3.63) is 0 Å². The summed E-state index contributed by atoms with van der Waals surface area (Å²) in [5, 5.41) is 55.3. The monoisotopic (exact) mass is 340 g/mol. The van der Waals surface area contributed by atoms with Crippen molar-refractivity contribution in [1.29, 1.82) is 0 Å². The van der Waals surface area contributed by atoms with Crippen LogP contribution >= 0.6 is 0 Å². The van der Waals surface area contributed by atoms with Gasteiger partial charge in [-0.25, -0.2) is 14.0 Å². The number of aliphatic hydroxyl groups excluding tert-OH is 4. The Labute approximate surface area is 130 Å². The molecule has 0 amide bonds. The van der Waals surface area contributed by atoms with Crippen LogP contribution in [-0.4, -0.2) is 85.9 Å². The molecule has 1 aliphatic carbocycles. The van der Waals surface area contributed by atoms with Crippen molar-refractivity contribution in [2.75, 3.05) is 13.2 Å². The summed E-state index contributed by atoms with van der Waals surface area (Å²) in [4.78, 5) is 21.3. The minimum atomic E-state index is -3.42. The summed E-state index contributed by atoms with van der Waals surface area (Å²) in [7, 11) is 0. The number of halogens is 1. The van der Waals surface area contributed by atoms with Gasteiger partial charge in [0.15, 0.2) is 0 Å². The van der Waals surface area contributed by atoms with Crippen LogP contribution in [0.25, 0.3) is 0 Å². The van der Waals surface area contributed by atoms with E-state index in [0.29, 0.717) is 0 Å². The molecule has 0 radical (unpaired) electrons. The van der Waals surface area contributed by atoms with Crippen molar-refractivity contribution < 1.29 is 49.4 Å². The first-order valence-electron chi connectivity index (χ1n) is 7.07. The van der Waals surface area contributed by atoms with Gasteiger partial charge in [-0.2, -0.15) is 0 Å². The fourth-order valence-corrected chi connectivity index (χ4v) is 2.48. The molecule has 0 aromatic rings. The van der Waals surface area contributed by atoms with Gasteiger partial charge in [0.05, 0.1) is 12.2 Å². The molecule has 10 heteroatoms. The van der Waals surface area contributed by atoms with Crippen LogP contribution in [0.5, 0.6) is 0 Å². The fourth-order valence-electron chi connectivity index (χ4n) is 2.48. The van der Waals surface area contributed by atoms with Crippen LogP contribution < -0.4 is 0 Å². The van der Waals surface area contributed by atoms with Crippen molar-refractivity contribution in [2.24, 2.45) is 5.92 Å². The topological polar surface area (TPSA) is 165 Å². The maximum atomic E-state index is 13.7. The standard InChI is InChI=1S/C13H21FO9/c14-13(11(19)20,12(21)22)2-1-3-23-7-4-6(5-15)8(16)10(18)9(7)17/h6-10,15-18H,1-5H2,(H,19,20)(H,21,22)/t6-,7?,8-,9+,10+/m1/s1. The van der Waals surface area contributed by atoms with Crippen LogP contribution in [0.2, 0.25) is 0 Å². The van der Waals surface area contributed by atoms with E-state index in [0.717, 1.165) is 0 Å². The Morgan fingerprint density at radius 3 is 2.13 bits per heavy atom. The van der Waals surface area contributed by atoms with E-state index in [1.807, 2.05) is 0 Å². The maximum absolute atomic E-state index is 13.7. The molecule has 1 fully saturated rings. The summed E-state index contributed by atoms with van der Waals surface area (Å²) in [5.41, 5.74) is -3.42. The molecule has 6 N–H and O–H groups in total. The molecule has 1 aliphatic rings. The second kappa shape index (κ2) is 7.97. The van der Waals surface area contributed by atoms with Gasteiger partial charge >= 0.3 is 17.6 Å². The molecule has 1 rings (SSSR count). The molecule has 5 atom stereocenters. The summed E-state index contributed by atoms with van der Waals surface area (Å²) in [6.45, 7) is -0.689. The summed E-state index contributed by atoms with van der Waals surface area (Å²) in [6.07, 6.45) is -6.25. The van der Waals surface area contributed by atoms with Gasteiger partial charge in [-0.1, -0.05) is 0 Å². The number of aliphatic carboxylic acids is 2. The number of ether oxygens (including phenoxy) is 1. The van der Waals surface area contributed by atoms with E-state index in [4.69, 9.17) is 20.1 Å². The first kappa shape index (κ1) is 19.7. The molecule has 23 heavy (non-hydrogen) atoms. The third-order valence-corrected chi connectivity index (χ3v) is 4.01. The number of rotatable bonds is 8. The predicted octanol–water partition coefficient (Wildman–Crippen LogP) is -1.88. The Kier molecular flexibility index (Phi) is 6.84. The van der Waals surface area contributed by atoms with Crippen LogP contribution in [0, 0.1) is 5.92 Å². The normalized spacial score (nSPS) is 31.8. The second-order valence-corrected chi connectivity index (χ2v) is 5.57. The molecule has 0 aromatic carbocycles. The molecule has 0 spiro atoms. The number of hydrogen-bond donors (Lipinski definition) is 6. The number of alkyl halides is 1. The molecule has 0 heterocycles. The van der Waals surface area contributed by atoms with Crippen molar-refractivity contribution in [1.82, 2.24) is 0 Å². The molecule has 0 aromatic heterocycles. The van der Waals surface area contributed by atoms with E-state index in [2.05, 4.69) is 0 Å². The van der Waals surface area contributed by atoms with Crippen LogP contribution in [-0.2, 0) is 14.3 Å². The fraction of sp³-hybridized carbons (Fsp3) is 0.846. The largest absolute Gasteiger partial charge is 0.478 e. The van der Waals surface area contributed by atoms with Gasteiger partial charge in [-0.3, -0.25) is 0 Å². The highest BCUT2D eigenvalue weighted by molar-refractivity contribution is 6.01. The van der Waals surface area contributed by atoms with E-state index in [1.165, 1.54) is 0 Å². The van der Waals surface area contributed by atoms with Gasteiger partial charge in [0, 0.05) is 25.6 Å². The van der Waals surface area contributed by atoms with E-state index in [1.54, 1.807) is 0 Å². The van der Waals surface area contributed by atoms with Crippen molar-refractivity contribution in [3.63, 3.8) is 0 Å². The Balaban J connectivity index is 2.52. The van der Waals surface area contributed by atoms with Crippen LogP contribution in [0.1, 0.15) is 19.3 Å². The molecule has 1 unspecified atom stereocenters. The zero-order valence-corrected chi connectivity index (χ0v) is 12.2. The minimum absolute atomic E-state index is 0.0362. The Morgan fingerprint density at radius 2 is 1.65 bits per heavy atom. The smallest absolute Gasteiger partial charge is 0.353 e. The summed E-state index contributed by atoms with van der Waals surface area (Å²) >= 11 is 0. The molecular weight excluding hydrogens is 319 g/mol. The number of carbonyl (C=O) groups is 2. The first-order valence-corrected chi connectivity index (χ1v) is 7.07. The zero-order valence-electron chi connectivity index (χ0n) is 12.2. The molecular formula is C13H21FO9. The van der Waals surface area contributed by atoms with Crippen LogP contribution in [0.3, 0.4) is 0 Å². The van der Waals surface area contributed by atoms with E-state index in [9.17, 15) is 29.3 Å². The van der Waals surface area contributed by atoms with Gasteiger partial charge in [-0.05, 0) is 12.8 Å². The number of aliphatic hydroxyl groups is 4. The predicted molar refractivity (Wildman–Crippen MR) is 71.3 cm³/mol. The molecule has 0 bridgehead atoms. The lowest BCUT2D eigenvalue weighted by atomic mass is 9.81. The average Bonchev–Trinajstić information content (AvgIpc) is 2.50. The number of hydrogen-bond acceptors (Lipinski definition) is 7. The Morgan fingerprint density at radius 1 is 1.09 bits per heavy atom. The van der Waals surface area contributed by atoms with Gasteiger partial charge in [0.1, 0.15) is 12.2 Å². The summed E-state index contributed by atoms with van der Waals surface area (Å²) in [5.74, 6) is -4.93.